The van der Waals surface area contributed by atoms with Crippen LogP contribution in [-0.4, -0.2) is 143 Å². The van der Waals surface area contributed by atoms with E-state index in [-0.39, 0.29) is 42.9 Å². The lowest BCUT2D eigenvalue weighted by Crippen LogP contribution is -2.58. The van der Waals surface area contributed by atoms with Crippen molar-refractivity contribution in [1.82, 2.24) is 51.3 Å². The molecule has 4 N–H and O–H groups in total. The zero-order valence-electron chi connectivity index (χ0n) is 32.5. The molecule has 0 spiro atoms. The molecule has 0 saturated carbocycles. The zero-order chi connectivity index (χ0) is 39.7. The predicted octanol–water partition coefficient (Wildman–Crippen LogP) is 0.440. The number of amides is 4. The molecule has 7 atom stereocenters. The van der Waals surface area contributed by atoms with Crippen molar-refractivity contribution in [2.24, 2.45) is 0 Å². The highest BCUT2D eigenvalue weighted by Crippen LogP contribution is 2.27. The van der Waals surface area contributed by atoms with Gasteiger partial charge in [0.2, 0.25) is 28.8 Å². The normalized spacial score (nSPS) is 18.5. The number of hydrogen-bond donors (Lipinski definition) is 4. The number of rotatable bonds is 18. The Morgan fingerprint density at radius 1 is 0.818 bits per heavy atom. The molecule has 2 aliphatic rings. The highest BCUT2D eigenvalue weighted by atomic mass is 32.2. The molecular weight excluding hydrogens is 725 g/mol. The topological polar surface area (TPSA) is 185 Å². The Balaban J connectivity index is 1.34. The minimum atomic E-state index is -0.966. The molecule has 4 amide bonds. The first-order valence-corrected chi connectivity index (χ1v) is 19.6. The number of benzene rings is 1. The molecular formula is C38H54N10O6S. The Bertz CT molecular complexity index is 1700. The highest BCUT2D eigenvalue weighted by Gasteiger charge is 2.38. The second kappa shape index (κ2) is 22.1. The van der Waals surface area contributed by atoms with Gasteiger partial charge in [0, 0.05) is 24.5 Å². The fourth-order valence-corrected chi connectivity index (χ4v) is 6.88. The van der Waals surface area contributed by atoms with Gasteiger partial charge in [0.05, 0.1) is 36.9 Å². The van der Waals surface area contributed by atoms with E-state index in [1.54, 1.807) is 56.3 Å². The average molecular weight is 779 g/mol. The number of likely N-dealkylation sites (N-methyl/N-ethyl adjacent to an activating group) is 2. The smallest absolute Gasteiger partial charge is 0.248 e. The minimum Gasteiger partial charge on any atom is -0.363 e. The third-order valence-electron chi connectivity index (χ3n) is 9.71. The molecule has 2 aliphatic heterocycles. The maximum Gasteiger partial charge on any atom is 0.248 e. The fraction of sp³-hybridized carbons (Fsp3) is 0.605. The molecule has 1 aromatic heterocycles. The lowest BCUT2D eigenvalue weighted by Gasteiger charge is -2.32. The Morgan fingerprint density at radius 2 is 1.38 bits per heavy atom. The van der Waals surface area contributed by atoms with Gasteiger partial charge >= 0.3 is 0 Å². The van der Waals surface area contributed by atoms with Gasteiger partial charge in [0.25, 0.3) is 0 Å². The number of tetrazole rings is 1. The molecule has 1 aromatic carbocycles. The minimum absolute atomic E-state index is 0.00527. The first kappa shape index (κ1) is 43.2. The number of hydrogen-bond acceptors (Lipinski definition) is 12. The molecule has 0 aliphatic carbocycles. The molecule has 2 fully saturated rings. The van der Waals surface area contributed by atoms with Crippen molar-refractivity contribution >= 4 is 35.4 Å². The van der Waals surface area contributed by atoms with Gasteiger partial charge in [0.1, 0.15) is 25.3 Å². The van der Waals surface area contributed by atoms with Crippen molar-refractivity contribution in [2.45, 2.75) is 112 Å². The molecule has 16 nitrogen and oxygen atoms in total. The van der Waals surface area contributed by atoms with Crippen molar-refractivity contribution in [3.8, 4) is 23.7 Å². The Kier molecular flexibility index (Phi) is 17.4. The van der Waals surface area contributed by atoms with E-state index in [0.717, 1.165) is 30.6 Å². The molecule has 2 aromatic rings. The lowest BCUT2D eigenvalue weighted by molar-refractivity contribution is -0.141. The second-order valence-corrected chi connectivity index (χ2v) is 14.6. The van der Waals surface area contributed by atoms with E-state index in [0.29, 0.717) is 31.3 Å². The van der Waals surface area contributed by atoms with Crippen LogP contribution in [-0.2, 0) is 35.2 Å². The van der Waals surface area contributed by atoms with Crippen molar-refractivity contribution in [3.63, 3.8) is 0 Å². The van der Waals surface area contributed by atoms with Crippen molar-refractivity contribution in [2.75, 3.05) is 46.9 Å². The van der Waals surface area contributed by atoms with Crippen LogP contribution in [0.5, 0.6) is 0 Å². The summed E-state index contributed by atoms with van der Waals surface area (Å²) in [6, 6.07) is 6.81. The van der Waals surface area contributed by atoms with Crippen LogP contribution in [0.3, 0.4) is 0 Å². The third-order valence-corrected chi connectivity index (χ3v) is 10.7. The summed E-state index contributed by atoms with van der Waals surface area (Å²) in [5, 5.41) is 24.4. The number of likely N-dealkylation sites (tertiary alicyclic amines) is 2. The van der Waals surface area contributed by atoms with E-state index in [9.17, 15) is 19.2 Å². The van der Waals surface area contributed by atoms with E-state index in [4.69, 9.17) is 9.47 Å². The number of aromatic nitrogens is 4. The van der Waals surface area contributed by atoms with E-state index in [1.165, 1.54) is 11.8 Å². The monoisotopic (exact) mass is 778 g/mol. The maximum absolute atomic E-state index is 14.1. The number of nitrogens with one attached hydrogen (secondary N) is 4. The summed E-state index contributed by atoms with van der Waals surface area (Å²) in [5.74, 6) is 10.1. The van der Waals surface area contributed by atoms with Crippen LogP contribution in [0.2, 0.25) is 0 Å². The quantitative estimate of drug-likeness (QED) is 0.154. The summed E-state index contributed by atoms with van der Waals surface area (Å²) in [7, 11) is 3.35. The molecule has 17 heteroatoms. The van der Waals surface area contributed by atoms with Gasteiger partial charge < -0.3 is 40.5 Å². The first-order chi connectivity index (χ1) is 26.5. The third kappa shape index (κ3) is 12.8. The van der Waals surface area contributed by atoms with Gasteiger partial charge in [0.15, 0.2) is 0 Å². The van der Waals surface area contributed by atoms with Gasteiger partial charge in [-0.1, -0.05) is 30.0 Å². The summed E-state index contributed by atoms with van der Waals surface area (Å²) in [4.78, 5) is 57.4. The number of carbonyl (C=O) groups excluding carboxylic acids is 4. The summed E-state index contributed by atoms with van der Waals surface area (Å²) in [6.07, 6.45) is 2.09. The van der Waals surface area contributed by atoms with E-state index >= 15 is 0 Å². The van der Waals surface area contributed by atoms with Crippen LogP contribution in [0.25, 0.3) is 0 Å². The lowest BCUT2D eigenvalue weighted by atomic mass is 10.1. The first-order valence-electron chi connectivity index (χ1n) is 18.8. The highest BCUT2D eigenvalue weighted by molar-refractivity contribution is 7.99. The zero-order valence-corrected chi connectivity index (χ0v) is 33.4. The molecule has 298 valence electrons. The molecule has 2 saturated heterocycles. The van der Waals surface area contributed by atoms with Crippen LogP contribution in [0.15, 0.2) is 40.4 Å². The van der Waals surface area contributed by atoms with Crippen LogP contribution >= 0.6 is 11.8 Å². The van der Waals surface area contributed by atoms with E-state index < -0.39 is 36.4 Å². The van der Waals surface area contributed by atoms with Crippen LogP contribution in [0.4, 0.5) is 0 Å². The number of nitrogens with zero attached hydrogens (tertiary/aromatic N) is 6. The Labute approximate surface area is 327 Å². The maximum atomic E-state index is 14.1. The predicted molar refractivity (Wildman–Crippen MR) is 206 cm³/mol. The Hall–Kier alpha value is -4.52. The molecule has 6 unspecified atom stereocenters. The summed E-state index contributed by atoms with van der Waals surface area (Å²) >= 11 is 1.45. The molecule has 0 radical (unpaired) electrons. The van der Waals surface area contributed by atoms with Crippen LogP contribution in [0, 0.1) is 23.7 Å². The SMILES string of the molecule is CNC(C)C(=O)NC(C(=O)N1CCCC1Cn1nnnc1Sc1ccccc1)C(C)OCC#CC#CCO[C@H](C)C(NC(=O)C(C)NC)C(=O)N1CCCC1. The van der Waals surface area contributed by atoms with E-state index in [1.807, 2.05) is 30.3 Å². The average Bonchev–Trinajstić information content (AvgIpc) is 4.00. The summed E-state index contributed by atoms with van der Waals surface area (Å²) in [6.45, 7) is 9.09. The van der Waals surface area contributed by atoms with Crippen molar-refractivity contribution in [1.29, 1.82) is 0 Å². The van der Waals surface area contributed by atoms with Gasteiger partial charge in [-0.15, -0.1) is 5.10 Å². The van der Waals surface area contributed by atoms with E-state index in [2.05, 4.69) is 60.5 Å². The van der Waals surface area contributed by atoms with Gasteiger partial charge in [-0.25, -0.2) is 4.68 Å². The Morgan fingerprint density at radius 3 is 1.95 bits per heavy atom. The second-order valence-electron chi connectivity index (χ2n) is 13.5. The summed E-state index contributed by atoms with van der Waals surface area (Å²) < 4.78 is 13.5. The van der Waals surface area contributed by atoms with Gasteiger partial charge in [-0.05, 0) is 114 Å². The van der Waals surface area contributed by atoms with Crippen molar-refractivity contribution < 1.29 is 28.7 Å². The summed E-state index contributed by atoms with van der Waals surface area (Å²) in [5.41, 5.74) is 0. The molecule has 0 bridgehead atoms. The van der Waals surface area contributed by atoms with Gasteiger partial charge in [-0.3, -0.25) is 19.2 Å². The standard InChI is InChI=1S/C38H54N10O6S/c1-26(39-5)34(49)41-32(36(51)46-20-12-13-21-46)28(3)53-23-14-7-8-15-24-54-29(4)33(42-35(50)27(2)40-6)37(52)47-22-16-17-30(47)25-48-38(43-44-45-48)55-31-18-10-9-11-19-31/h9-11,18-19,26-30,32-33,39-40H,12-13,16-17,20-25H2,1-6H3,(H,41,49)(H,42,50)/t26?,27?,28-,29?,30?,32?,33?/m1/s1. The number of ether oxygens (including phenoxy) is 2. The van der Waals surface area contributed by atoms with Gasteiger partial charge in [-0.2, -0.15) is 0 Å². The fourth-order valence-electron chi connectivity index (χ4n) is 6.08. The molecule has 4 rings (SSSR count). The van der Waals surface area contributed by atoms with Crippen LogP contribution < -0.4 is 21.3 Å². The molecule has 3 heterocycles. The largest absolute Gasteiger partial charge is 0.363 e. The van der Waals surface area contributed by atoms with Crippen molar-refractivity contribution in [3.05, 3.63) is 30.3 Å². The van der Waals surface area contributed by atoms with Crippen LogP contribution in [0.1, 0.15) is 53.4 Å². The molecule has 55 heavy (non-hydrogen) atoms. The number of carbonyl (C=O) groups is 4.